The molecule has 18 heavy (non-hydrogen) atoms. The molecule has 1 N–H and O–H groups in total. The number of fused-ring (bicyclic) bond motifs is 1. The van der Waals surface area contributed by atoms with E-state index < -0.39 is 0 Å². The Balaban J connectivity index is 2.33. The molecule has 2 unspecified atom stereocenters. The van der Waals surface area contributed by atoms with E-state index in [9.17, 15) is 0 Å². The van der Waals surface area contributed by atoms with Gasteiger partial charge in [0, 0.05) is 18.0 Å². The summed E-state index contributed by atoms with van der Waals surface area (Å²) in [5.41, 5.74) is 1.37. The van der Waals surface area contributed by atoms with Crippen molar-refractivity contribution in [3.63, 3.8) is 0 Å². The molecule has 1 heterocycles. The molecule has 0 radical (unpaired) electrons. The van der Waals surface area contributed by atoms with E-state index in [4.69, 9.17) is 9.72 Å². The molecule has 0 fully saturated rings. The Morgan fingerprint density at radius 2 is 2.17 bits per heavy atom. The van der Waals surface area contributed by atoms with Crippen LogP contribution < -0.4 is 5.32 Å². The third-order valence-corrected chi connectivity index (χ3v) is 4.82. The summed E-state index contributed by atoms with van der Waals surface area (Å²) in [5, 5.41) is 4.53. The fourth-order valence-electron chi connectivity index (χ4n) is 2.65. The molecule has 0 spiro atoms. The second-order valence-corrected chi connectivity index (χ2v) is 7.14. The smallest absolute Gasteiger partial charge is 0.123 e. The Hall–Kier alpha value is -0.450. The van der Waals surface area contributed by atoms with Crippen LogP contribution in [0.5, 0.6) is 0 Å². The average Bonchev–Trinajstić information content (AvgIpc) is 2.70. The molecule has 2 rings (SSSR count). The number of aromatic nitrogens is 1. The van der Waals surface area contributed by atoms with E-state index in [0.29, 0.717) is 6.04 Å². The van der Waals surface area contributed by atoms with E-state index >= 15 is 0 Å². The first kappa shape index (κ1) is 14.0. The quantitative estimate of drug-likeness (QED) is 0.911. The van der Waals surface area contributed by atoms with Gasteiger partial charge in [-0.1, -0.05) is 20.8 Å². The van der Waals surface area contributed by atoms with Crippen molar-refractivity contribution >= 4 is 11.3 Å². The number of nitrogens with zero attached hydrogens (tertiary/aromatic N) is 1. The van der Waals surface area contributed by atoms with Gasteiger partial charge in [-0.05, 0) is 31.7 Å². The zero-order chi connectivity index (χ0) is 13.3. The van der Waals surface area contributed by atoms with Crippen LogP contribution in [-0.2, 0) is 11.2 Å². The lowest BCUT2D eigenvalue weighted by atomic mass is 9.89. The monoisotopic (exact) mass is 268 g/mol. The molecular weight excluding hydrogens is 244 g/mol. The largest absolute Gasteiger partial charge is 0.374 e. The number of rotatable bonds is 3. The highest BCUT2D eigenvalue weighted by Gasteiger charge is 2.32. The first-order chi connectivity index (χ1) is 8.47. The van der Waals surface area contributed by atoms with Crippen molar-refractivity contribution in [1.82, 2.24) is 10.3 Å². The van der Waals surface area contributed by atoms with Gasteiger partial charge in [-0.15, -0.1) is 11.3 Å². The van der Waals surface area contributed by atoms with Crippen molar-refractivity contribution in [3.8, 4) is 0 Å². The molecule has 1 aliphatic rings. The molecule has 2 atom stereocenters. The summed E-state index contributed by atoms with van der Waals surface area (Å²) in [6.45, 7) is 6.62. The second-order valence-electron chi connectivity index (χ2n) is 6.08. The van der Waals surface area contributed by atoms with Gasteiger partial charge in [0.25, 0.3) is 0 Å². The number of ether oxygens (including phenoxy) is 1. The van der Waals surface area contributed by atoms with E-state index in [-0.39, 0.29) is 11.5 Å². The zero-order valence-corrected chi connectivity index (χ0v) is 12.9. The second kappa shape index (κ2) is 5.27. The van der Waals surface area contributed by atoms with Crippen molar-refractivity contribution in [3.05, 3.63) is 15.6 Å². The van der Waals surface area contributed by atoms with Crippen LogP contribution in [0.25, 0.3) is 0 Å². The van der Waals surface area contributed by atoms with E-state index in [0.717, 1.165) is 11.4 Å². The predicted octanol–water partition coefficient (Wildman–Crippen LogP) is 3.47. The van der Waals surface area contributed by atoms with Gasteiger partial charge in [0.1, 0.15) is 11.1 Å². The van der Waals surface area contributed by atoms with Crippen molar-refractivity contribution in [1.29, 1.82) is 0 Å². The molecule has 0 amide bonds. The molecule has 3 nitrogen and oxygen atoms in total. The SMILES string of the molecule is CNC1CCCc2nc(C(OC)C(C)(C)C)sc21. The maximum atomic E-state index is 5.67. The fraction of sp³-hybridized carbons (Fsp3) is 0.786. The van der Waals surface area contributed by atoms with E-state index in [1.165, 1.54) is 23.4 Å². The molecule has 0 aromatic carbocycles. The van der Waals surface area contributed by atoms with Crippen LogP contribution in [0, 0.1) is 5.41 Å². The summed E-state index contributed by atoms with van der Waals surface area (Å²) in [6.07, 6.45) is 3.66. The third kappa shape index (κ3) is 2.60. The topological polar surface area (TPSA) is 34.2 Å². The minimum Gasteiger partial charge on any atom is -0.374 e. The molecule has 1 aromatic rings. The van der Waals surface area contributed by atoms with E-state index in [1.807, 2.05) is 18.4 Å². The van der Waals surface area contributed by atoms with Gasteiger partial charge in [0.05, 0.1) is 5.69 Å². The summed E-state index contributed by atoms with van der Waals surface area (Å²) < 4.78 is 5.67. The Kier molecular flexibility index (Phi) is 4.09. The van der Waals surface area contributed by atoms with Crippen molar-refractivity contribution in [2.75, 3.05) is 14.2 Å². The van der Waals surface area contributed by atoms with Gasteiger partial charge in [-0.2, -0.15) is 0 Å². The van der Waals surface area contributed by atoms with Crippen molar-refractivity contribution in [2.24, 2.45) is 5.41 Å². The maximum absolute atomic E-state index is 5.67. The fourth-order valence-corrected chi connectivity index (χ4v) is 4.23. The summed E-state index contributed by atoms with van der Waals surface area (Å²) in [6, 6.07) is 0.484. The van der Waals surface area contributed by atoms with Crippen LogP contribution in [0.2, 0.25) is 0 Å². The summed E-state index contributed by atoms with van der Waals surface area (Å²) in [4.78, 5) is 6.26. The van der Waals surface area contributed by atoms with Crippen LogP contribution in [0.4, 0.5) is 0 Å². The first-order valence-electron chi connectivity index (χ1n) is 6.67. The van der Waals surface area contributed by atoms with Gasteiger partial charge in [0.2, 0.25) is 0 Å². The van der Waals surface area contributed by atoms with Crippen molar-refractivity contribution < 1.29 is 4.74 Å². The van der Waals surface area contributed by atoms with Gasteiger partial charge in [-0.3, -0.25) is 0 Å². The molecule has 0 bridgehead atoms. The van der Waals surface area contributed by atoms with Gasteiger partial charge in [0.15, 0.2) is 0 Å². The molecule has 1 aliphatic carbocycles. The average molecular weight is 268 g/mol. The minimum absolute atomic E-state index is 0.0876. The van der Waals surface area contributed by atoms with E-state index in [1.54, 1.807) is 7.11 Å². The van der Waals surface area contributed by atoms with Gasteiger partial charge in [-0.25, -0.2) is 4.98 Å². The highest BCUT2D eigenvalue weighted by Crippen LogP contribution is 2.42. The van der Waals surface area contributed by atoms with Gasteiger partial charge >= 0.3 is 0 Å². The number of aryl methyl sites for hydroxylation is 1. The number of hydrogen-bond donors (Lipinski definition) is 1. The normalized spacial score (nSPS) is 21.7. The number of hydrogen-bond acceptors (Lipinski definition) is 4. The predicted molar refractivity (Wildman–Crippen MR) is 76.1 cm³/mol. The van der Waals surface area contributed by atoms with Crippen LogP contribution in [0.15, 0.2) is 0 Å². The highest BCUT2D eigenvalue weighted by atomic mass is 32.1. The standard InChI is InChI=1S/C14H24N2OS/c1-14(2,3)12(17-5)13-16-10-8-6-7-9(15-4)11(10)18-13/h9,12,15H,6-8H2,1-5H3. The zero-order valence-electron chi connectivity index (χ0n) is 12.0. The van der Waals surface area contributed by atoms with Gasteiger partial charge < -0.3 is 10.1 Å². The Bertz CT molecular complexity index is 408. The molecule has 4 heteroatoms. The molecule has 0 saturated heterocycles. The summed E-state index contributed by atoms with van der Waals surface area (Å²) >= 11 is 1.83. The molecule has 1 aromatic heterocycles. The van der Waals surface area contributed by atoms with Crippen LogP contribution in [-0.4, -0.2) is 19.1 Å². The Morgan fingerprint density at radius 3 is 2.72 bits per heavy atom. The lowest BCUT2D eigenvalue weighted by Crippen LogP contribution is -2.20. The Morgan fingerprint density at radius 1 is 1.44 bits per heavy atom. The highest BCUT2D eigenvalue weighted by molar-refractivity contribution is 7.11. The molecule has 102 valence electrons. The maximum Gasteiger partial charge on any atom is 0.123 e. The molecular formula is C14H24N2OS. The minimum atomic E-state index is 0.0876. The lowest BCUT2D eigenvalue weighted by molar-refractivity contribution is 0.0149. The Labute approximate surface area is 114 Å². The molecule has 0 aliphatic heterocycles. The van der Waals surface area contributed by atoms with Crippen LogP contribution in [0.1, 0.15) is 61.3 Å². The summed E-state index contributed by atoms with van der Waals surface area (Å²) in [5.74, 6) is 0. The van der Waals surface area contributed by atoms with E-state index in [2.05, 4.69) is 26.1 Å². The number of nitrogens with one attached hydrogen (secondary N) is 1. The van der Waals surface area contributed by atoms with Crippen LogP contribution in [0.3, 0.4) is 0 Å². The lowest BCUT2D eigenvalue weighted by Gasteiger charge is -2.27. The molecule has 0 saturated carbocycles. The summed E-state index contributed by atoms with van der Waals surface area (Å²) in [7, 11) is 3.82. The first-order valence-corrected chi connectivity index (χ1v) is 7.48. The van der Waals surface area contributed by atoms with Crippen molar-refractivity contribution in [2.45, 2.75) is 52.2 Å². The van der Waals surface area contributed by atoms with Crippen LogP contribution >= 0.6 is 11.3 Å². The number of thiazole rings is 1. The third-order valence-electron chi connectivity index (χ3n) is 3.56. The number of methoxy groups -OCH3 is 1.